The highest BCUT2D eigenvalue weighted by Crippen LogP contribution is 2.26. The van der Waals surface area contributed by atoms with Crippen molar-refractivity contribution >= 4 is 17.5 Å². The Bertz CT molecular complexity index is 558. The van der Waals surface area contributed by atoms with Gasteiger partial charge in [-0.1, -0.05) is 6.07 Å². The number of nitriles is 1. The second-order valence-electron chi connectivity index (χ2n) is 4.68. The minimum Gasteiger partial charge on any atom is -0.348 e. The predicted molar refractivity (Wildman–Crippen MR) is 65.7 cm³/mol. The van der Waals surface area contributed by atoms with Crippen molar-refractivity contribution in [2.45, 2.75) is 19.4 Å². The number of hydrogen-bond acceptors (Lipinski definition) is 4. The summed E-state index contributed by atoms with van der Waals surface area (Å²) in [5.74, 6) is -0.664. The fourth-order valence-electron chi connectivity index (χ4n) is 1.94. The molecule has 1 aliphatic rings. The van der Waals surface area contributed by atoms with Crippen molar-refractivity contribution in [1.82, 2.24) is 5.32 Å². The Morgan fingerprint density at radius 1 is 1.39 bits per heavy atom. The summed E-state index contributed by atoms with van der Waals surface area (Å²) >= 11 is 0. The number of rotatable bonds is 1. The third-order valence-electron chi connectivity index (χ3n) is 3.07. The molecule has 0 aliphatic carbocycles. The molecule has 5 nitrogen and oxygen atoms in total. The van der Waals surface area contributed by atoms with Crippen LogP contribution in [0.3, 0.4) is 0 Å². The molecule has 1 N–H and O–H groups in total. The molecule has 2 amide bonds. The predicted octanol–water partition coefficient (Wildman–Crippen LogP) is 0.800. The molecule has 0 bridgehead atoms. The molecule has 1 fully saturated rings. The van der Waals surface area contributed by atoms with Gasteiger partial charge in [-0.15, -0.1) is 0 Å². The van der Waals surface area contributed by atoms with Crippen molar-refractivity contribution in [3.05, 3.63) is 29.8 Å². The van der Waals surface area contributed by atoms with Gasteiger partial charge < -0.3 is 4.90 Å². The first-order chi connectivity index (χ1) is 8.45. The van der Waals surface area contributed by atoms with E-state index in [1.54, 1.807) is 43.0 Å². The van der Waals surface area contributed by atoms with Crippen LogP contribution in [0.5, 0.6) is 0 Å². The Morgan fingerprint density at radius 3 is 2.78 bits per heavy atom. The van der Waals surface area contributed by atoms with E-state index < -0.39 is 5.54 Å². The quantitative estimate of drug-likeness (QED) is 0.740. The van der Waals surface area contributed by atoms with Crippen LogP contribution in [0.2, 0.25) is 0 Å². The zero-order valence-electron chi connectivity index (χ0n) is 10.2. The normalized spacial score (nSPS) is 18.2. The SMILES string of the molecule is CC1(C)C(=O)NC(=O)CN1c1cccc(C#N)c1. The lowest BCUT2D eigenvalue weighted by molar-refractivity contribution is -0.135. The maximum Gasteiger partial charge on any atom is 0.251 e. The molecular weight excluding hydrogens is 230 g/mol. The lowest BCUT2D eigenvalue weighted by Gasteiger charge is -2.41. The summed E-state index contributed by atoms with van der Waals surface area (Å²) in [6, 6.07) is 8.92. The number of carbonyl (C=O) groups excluding carboxylic acids is 2. The highest BCUT2D eigenvalue weighted by molar-refractivity contribution is 6.06. The van der Waals surface area contributed by atoms with Crippen molar-refractivity contribution in [2.75, 3.05) is 11.4 Å². The molecule has 0 unspecified atom stereocenters. The van der Waals surface area contributed by atoms with Crippen LogP contribution in [0.15, 0.2) is 24.3 Å². The number of hydrogen-bond donors (Lipinski definition) is 1. The van der Waals surface area contributed by atoms with Gasteiger partial charge in [-0.05, 0) is 32.0 Å². The van der Waals surface area contributed by atoms with Crippen molar-refractivity contribution in [2.24, 2.45) is 0 Å². The first kappa shape index (κ1) is 12.1. The van der Waals surface area contributed by atoms with Gasteiger partial charge in [0.05, 0.1) is 18.2 Å². The van der Waals surface area contributed by atoms with Crippen LogP contribution in [-0.2, 0) is 9.59 Å². The van der Waals surface area contributed by atoms with E-state index >= 15 is 0 Å². The molecule has 0 aromatic heterocycles. The Balaban J connectivity index is 2.44. The number of amides is 2. The Morgan fingerprint density at radius 2 is 2.11 bits per heavy atom. The van der Waals surface area contributed by atoms with Gasteiger partial charge in [-0.25, -0.2) is 0 Å². The number of benzene rings is 1. The Labute approximate surface area is 105 Å². The summed E-state index contributed by atoms with van der Waals surface area (Å²) in [7, 11) is 0. The molecule has 0 radical (unpaired) electrons. The van der Waals surface area contributed by atoms with Crippen LogP contribution in [0.4, 0.5) is 5.69 Å². The van der Waals surface area contributed by atoms with Crippen molar-refractivity contribution in [3.8, 4) is 6.07 Å². The minimum atomic E-state index is -0.817. The number of imide groups is 1. The molecule has 2 rings (SSSR count). The lowest BCUT2D eigenvalue weighted by Crippen LogP contribution is -2.64. The van der Waals surface area contributed by atoms with Crippen LogP contribution in [0, 0.1) is 11.3 Å². The average molecular weight is 243 g/mol. The van der Waals surface area contributed by atoms with Gasteiger partial charge in [0.25, 0.3) is 5.91 Å². The number of anilines is 1. The van der Waals surface area contributed by atoms with Gasteiger partial charge in [0.15, 0.2) is 0 Å². The summed E-state index contributed by atoms with van der Waals surface area (Å²) in [6.07, 6.45) is 0. The second-order valence-corrected chi connectivity index (χ2v) is 4.68. The molecule has 1 saturated heterocycles. The Kier molecular flexibility index (Phi) is 2.79. The highest BCUT2D eigenvalue weighted by atomic mass is 16.2. The van der Waals surface area contributed by atoms with E-state index in [0.717, 1.165) is 0 Å². The van der Waals surface area contributed by atoms with Gasteiger partial charge in [0, 0.05) is 5.69 Å². The first-order valence-electron chi connectivity index (χ1n) is 5.57. The van der Waals surface area contributed by atoms with E-state index in [1.165, 1.54) is 0 Å². The fourth-order valence-corrected chi connectivity index (χ4v) is 1.94. The van der Waals surface area contributed by atoms with E-state index in [4.69, 9.17) is 5.26 Å². The van der Waals surface area contributed by atoms with E-state index in [-0.39, 0.29) is 18.4 Å². The first-order valence-corrected chi connectivity index (χ1v) is 5.57. The van der Waals surface area contributed by atoms with Crippen LogP contribution in [0.1, 0.15) is 19.4 Å². The Hall–Kier alpha value is -2.35. The van der Waals surface area contributed by atoms with Crippen LogP contribution < -0.4 is 10.2 Å². The molecule has 92 valence electrons. The van der Waals surface area contributed by atoms with Gasteiger partial charge in [0.2, 0.25) is 5.91 Å². The van der Waals surface area contributed by atoms with E-state index in [1.807, 2.05) is 6.07 Å². The third kappa shape index (κ3) is 1.93. The molecule has 0 spiro atoms. The number of nitrogens with one attached hydrogen (secondary N) is 1. The smallest absolute Gasteiger partial charge is 0.251 e. The highest BCUT2D eigenvalue weighted by Gasteiger charge is 2.40. The monoisotopic (exact) mass is 243 g/mol. The topological polar surface area (TPSA) is 73.2 Å². The van der Waals surface area contributed by atoms with Crippen molar-refractivity contribution in [1.29, 1.82) is 5.26 Å². The molecule has 1 aromatic carbocycles. The van der Waals surface area contributed by atoms with E-state index in [9.17, 15) is 9.59 Å². The van der Waals surface area contributed by atoms with Gasteiger partial charge >= 0.3 is 0 Å². The number of piperazine rings is 1. The minimum absolute atomic E-state index is 0.105. The molecule has 18 heavy (non-hydrogen) atoms. The maximum atomic E-state index is 11.8. The third-order valence-corrected chi connectivity index (χ3v) is 3.07. The van der Waals surface area contributed by atoms with E-state index in [2.05, 4.69) is 5.32 Å². The summed E-state index contributed by atoms with van der Waals surface area (Å²) < 4.78 is 0. The second kappa shape index (κ2) is 4.15. The summed E-state index contributed by atoms with van der Waals surface area (Å²) in [5.41, 5.74) is 0.381. The summed E-state index contributed by atoms with van der Waals surface area (Å²) in [6.45, 7) is 3.59. The molecule has 0 saturated carbocycles. The molecule has 1 aliphatic heterocycles. The zero-order valence-corrected chi connectivity index (χ0v) is 10.2. The summed E-state index contributed by atoms with van der Waals surface area (Å²) in [5, 5.41) is 11.2. The van der Waals surface area contributed by atoms with Gasteiger partial charge in [-0.2, -0.15) is 5.26 Å². The molecular formula is C13H13N3O2. The standard InChI is InChI=1S/C13H13N3O2/c1-13(2)12(18)15-11(17)8-16(13)10-5-3-4-9(6-10)7-14/h3-6H,8H2,1-2H3,(H,15,17,18). The molecule has 5 heteroatoms. The number of carbonyl (C=O) groups is 2. The van der Waals surface area contributed by atoms with Crippen LogP contribution in [0.25, 0.3) is 0 Å². The largest absolute Gasteiger partial charge is 0.348 e. The summed E-state index contributed by atoms with van der Waals surface area (Å²) in [4.78, 5) is 25.0. The van der Waals surface area contributed by atoms with Crippen molar-refractivity contribution in [3.63, 3.8) is 0 Å². The molecule has 0 atom stereocenters. The van der Waals surface area contributed by atoms with E-state index in [0.29, 0.717) is 11.3 Å². The van der Waals surface area contributed by atoms with Gasteiger partial charge in [0.1, 0.15) is 5.54 Å². The zero-order chi connectivity index (χ0) is 13.3. The van der Waals surface area contributed by atoms with Gasteiger partial charge in [-0.3, -0.25) is 14.9 Å². The lowest BCUT2D eigenvalue weighted by atomic mass is 9.97. The van der Waals surface area contributed by atoms with Crippen LogP contribution >= 0.6 is 0 Å². The molecule has 1 aromatic rings. The maximum absolute atomic E-state index is 11.8. The fraction of sp³-hybridized carbons (Fsp3) is 0.308. The average Bonchev–Trinajstić information content (AvgIpc) is 2.34. The van der Waals surface area contributed by atoms with Crippen molar-refractivity contribution < 1.29 is 9.59 Å². The number of nitrogens with zero attached hydrogens (tertiary/aromatic N) is 2. The molecule has 1 heterocycles. The van der Waals surface area contributed by atoms with Crippen LogP contribution in [-0.4, -0.2) is 23.9 Å².